The molecule has 1 atom stereocenters. The van der Waals surface area contributed by atoms with Gasteiger partial charge in [0.25, 0.3) is 0 Å². The van der Waals surface area contributed by atoms with Crippen molar-refractivity contribution in [2.75, 3.05) is 32.6 Å². The first-order valence-corrected chi connectivity index (χ1v) is 9.71. The largest absolute Gasteiger partial charge is 0.493 e. The van der Waals surface area contributed by atoms with Gasteiger partial charge in [0, 0.05) is 30.9 Å². The van der Waals surface area contributed by atoms with Crippen LogP contribution in [0.1, 0.15) is 18.4 Å². The number of methoxy groups -OCH3 is 2. The Hall–Kier alpha value is -3.22. The summed E-state index contributed by atoms with van der Waals surface area (Å²) in [5.74, 6) is 0.942. The highest BCUT2D eigenvalue weighted by atomic mass is 16.5. The lowest BCUT2D eigenvalue weighted by Crippen LogP contribution is -2.46. The number of hydrogen-bond donors (Lipinski definition) is 2. The number of benzene rings is 2. The first-order valence-electron chi connectivity index (χ1n) is 9.71. The number of rotatable bonds is 6. The quantitative estimate of drug-likeness (QED) is 0.784. The van der Waals surface area contributed by atoms with E-state index in [-0.39, 0.29) is 17.9 Å². The van der Waals surface area contributed by atoms with Crippen molar-refractivity contribution in [2.24, 2.45) is 5.92 Å². The Kier molecular flexibility index (Phi) is 6.94. The fraction of sp³-hybridized carbons (Fsp3) is 0.364. The molecule has 0 aliphatic carbocycles. The van der Waals surface area contributed by atoms with E-state index in [2.05, 4.69) is 10.6 Å². The molecule has 7 nitrogen and oxygen atoms in total. The molecule has 7 heteroatoms. The van der Waals surface area contributed by atoms with Crippen LogP contribution in [0.3, 0.4) is 0 Å². The molecule has 1 saturated heterocycles. The summed E-state index contributed by atoms with van der Waals surface area (Å²) in [5, 5.41) is 5.85. The molecular weight excluding hydrogens is 370 g/mol. The topological polar surface area (TPSA) is 79.9 Å². The van der Waals surface area contributed by atoms with Crippen LogP contribution >= 0.6 is 0 Å². The molecule has 0 spiro atoms. The van der Waals surface area contributed by atoms with Crippen LogP contribution in [0.4, 0.5) is 10.5 Å². The van der Waals surface area contributed by atoms with Gasteiger partial charge in [-0.15, -0.1) is 0 Å². The van der Waals surface area contributed by atoms with Crippen molar-refractivity contribution in [3.63, 3.8) is 0 Å². The highest BCUT2D eigenvalue weighted by Gasteiger charge is 2.28. The maximum atomic E-state index is 12.7. The van der Waals surface area contributed by atoms with Gasteiger partial charge in [-0.3, -0.25) is 4.79 Å². The number of ether oxygens (including phenoxy) is 2. The molecule has 1 unspecified atom stereocenters. The van der Waals surface area contributed by atoms with E-state index in [1.807, 2.05) is 48.5 Å². The van der Waals surface area contributed by atoms with Crippen molar-refractivity contribution in [2.45, 2.75) is 19.4 Å². The zero-order chi connectivity index (χ0) is 20.6. The average Bonchev–Trinajstić information content (AvgIpc) is 2.77. The van der Waals surface area contributed by atoms with E-state index in [1.54, 1.807) is 19.1 Å². The monoisotopic (exact) mass is 397 g/mol. The lowest BCUT2D eigenvalue weighted by Gasteiger charge is -2.32. The van der Waals surface area contributed by atoms with Crippen molar-refractivity contribution >= 4 is 17.6 Å². The van der Waals surface area contributed by atoms with Crippen molar-refractivity contribution in [3.8, 4) is 11.5 Å². The standard InChI is InChI=1S/C22H27N3O4/c1-28-19-12-6-8-16(20(19)29-2)14-23-21(26)17-9-7-13-25(15-17)22(27)24-18-10-4-3-5-11-18/h3-6,8,10-12,17H,7,9,13-15H2,1-2H3,(H,23,26)(H,24,27). The number of likely N-dealkylation sites (tertiary alicyclic amines) is 1. The lowest BCUT2D eigenvalue weighted by atomic mass is 9.97. The maximum Gasteiger partial charge on any atom is 0.321 e. The highest BCUT2D eigenvalue weighted by Crippen LogP contribution is 2.30. The Morgan fingerprint density at radius 2 is 1.86 bits per heavy atom. The first kappa shape index (κ1) is 20.5. The van der Waals surface area contributed by atoms with E-state index in [0.717, 1.165) is 24.1 Å². The fourth-order valence-corrected chi connectivity index (χ4v) is 3.52. The summed E-state index contributed by atoms with van der Waals surface area (Å²) >= 11 is 0. The number of carbonyl (C=O) groups is 2. The molecule has 1 heterocycles. The second kappa shape index (κ2) is 9.82. The predicted molar refractivity (Wildman–Crippen MR) is 111 cm³/mol. The van der Waals surface area contributed by atoms with Gasteiger partial charge in [0.05, 0.1) is 20.1 Å². The van der Waals surface area contributed by atoms with Crippen LogP contribution in [-0.2, 0) is 11.3 Å². The Morgan fingerprint density at radius 1 is 1.07 bits per heavy atom. The van der Waals surface area contributed by atoms with E-state index in [4.69, 9.17) is 9.47 Å². The highest BCUT2D eigenvalue weighted by molar-refractivity contribution is 5.90. The molecule has 2 aromatic rings. The molecule has 29 heavy (non-hydrogen) atoms. The number of amides is 3. The van der Waals surface area contributed by atoms with Crippen LogP contribution in [0, 0.1) is 5.92 Å². The second-order valence-corrected chi connectivity index (χ2v) is 6.95. The van der Waals surface area contributed by atoms with Crippen LogP contribution in [-0.4, -0.2) is 44.1 Å². The Balaban J connectivity index is 1.57. The molecule has 0 bridgehead atoms. The van der Waals surface area contributed by atoms with Crippen LogP contribution in [0.2, 0.25) is 0 Å². The fourth-order valence-electron chi connectivity index (χ4n) is 3.52. The third kappa shape index (κ3) is 5.19. The summed E-state index contributed by atoms with van der Waals surface area (Å²) < 4.78 is 10.7. The van der Waals surface area contributed by atoms with Crippen LogP contribution in [0.15, 0.2) is 48.5 Å². The molecule has 2 aromatic carbocycles. The zero-order valence-corrected chi connectivity index (χ0v) is 16.8. The first-order chi connectivity index (χ1) is 14.1. The molecule has 2 N–H and O–H groups in total. The number of piperidine rings is 1. The molecule has 0 aromatic heterocycles. The van der Waals surface area contributed by atoms with Crippen molar-refractivity contribution < 1.29 is 19.1 Å². The third-order valence-corrected chi connectivity index (χ3v) is 5.04. The van der Waals surface area contributed by atoms with Gasteiger partial charge >= 0.3 is 6.03 Å². The number of anilines is 1. The van der Waals surface area contributed by atoms with Gasteiger partial charge in [-0.05, 0) is 31.0 Å². The molecular formula is C22H27N3O4. The second-order valence-electron chi connectivity index (χ2n) is 6.95. The van der Waals surface area contributed by atoms with Crippen LogP contribution in [0.5, 0.6) is 11.5 Å². The smallest absolute Gasteiger partial charge is 0.321 e. The molecule has 1 fully saturated rings. The number of hydrogen-bond acceptors (Lipinski definition) is 4. The van der Waals surface area contributed by atoms with Gasteiger partial charge in [-0.1, -0.05) is 30.3 Å². The minimum Gasteiger partial charge on any atom is -0.493 e. The third-order valence-electron chi connectivity index (χ3n) is 5.04. The molecule has 0 saturated carbocycles. The summed E-state index contributed by atoms with van der Waals surface area (Å²) in [7, 11) is 3.16. The number of nitrogens with one attached hydrogen (secondary N) is 2. The predicted octanol–water partition coefficient (Wildman–Crippen LogP) is 3.26. The molecule has 3 rings (SSSR count). The van der Waals surface area contributed by atoms with Gasteiger partial charge in [0.15, 0.2) is 11.5 Å². The minimum absolute atomic E-state index is 0.0629. The number of urea groups is 1. The average molecular weight is 397 g/mol. The van der Waals surface area contributed by atoms with Gasteiger partial charge in [-0.2, -0.15) is 0 Å². The van der Waals surface area contributed by atoms with Crippen molar-refractivity contribution in [3.05, 3.63) is 54.1 Å². The molecule has 0 radical (unpaired) electrons. The SMILES string of the molecule is COc1cccc(CNC(=O)C2CCCN(C(=O)Nc3ccccc3)C2)c1OC. The number of para-hydroxylation sites is 2. The van der Waals surface area contributed by atoms with E-state index < -0.39 is 0 Å². The Bertz CT molecular complexity index is 841. The molecule has 1 aliphatic heterocycles. The number of nitrogens with zero attached hydrogens (tertiary/aromatic N) is 1. The molecule has 1 aliphatic rings. The summed E-state index contributed by atoms with van der Waals surface area (Å²) in [6, 6.07) is 14.7. The minimum atomic E-state index is -0.234. The lowest BCUT2D eigenvalue weighted by molar-refractivity contribution is -0.126. The summed E-state index contributed by atoms with van der Waals surface area (Å²) in [6.07, 6.45) is 1.55. The Labute approximate surface area is 171 Å². The van der Waals surface area contributed by atoms with Crippen molar-refractivity contribution in [1.29, 1.82) is 0 Å². The van der Waals surface area contributed by atoms with Crippen LogP contribution in [0.25, 0.3) is 0 Å². The van der Waals surface area contributed by atoms with Gasteiger partial charge in [0.1, 0.15) is 0 Å². The maximum absolute atomic E-state index is 12.7. The summed E-state index contributed by atoms with van der Waals surface area (Å²) in [6.45, 7) is 1.39. The zero-order valence-electron chi connectivity index (χ0n) is 16.8. The molecule has 3 amide bonds. The van der Waals surface area contributed by atoms with E-state index in [0.29, 0.717) is 31.1 Å². The van der Waals surface area contributed by atoms with Gasteiger partial charge < -0.3 is 25.0 Å². The molecule has 154 valence electrons. The van der Waals surface area contributed by atoms with Gasteiger partial charge in [0.2, 0.25) is 5.91 Å². The van der Waals surface area contributed by atoms with Gasteiger partial charge in [-0.25, -0.2) is 4.79 Å². The van der Waals surface area contributed by atoms with Crippen molar-refractivity contribution in [1.82, 2.24) is 10.2 Å². The van der Waals surface area contributed by atoms with Crippen LogP contribution < -0.4 is 20.1 Å². The summed E-state index contributed by atoms with van der Waals surface area (Å²) in [5.41, 5.74) is 1.59. The Morgan fingerprint density at radius 3 is 2.59 bits per heavy atom. The van der Waals surface area contributed by atoms with E-state index in [9.17, 15) is 9.59 Å². The van der Waals surface area contributed by atoms with E-state index >= 15 is 0 Å². The summed E-state index contributed by atoms with van der Waals surface area (Å²) in [4.78, 5) is 26.9. The normalized spacial score (nSPS) is 16.1. The number of carbonyl (C=O) groups excluding carboxylic acids is 2. The van der Waals surface area contributed by atoms with E-state index in [1.165, 1.54) is 0 Å².